The van der Waals surface area contributed by atoms with Crippen LogP contribution in [0.3, 0.4) is 0 Å². The summed E-state index contributed by atoms with van der Waals surface area (Å²) in [6, 6.07) is 0. The van der Waals surface area contributed by atoms with E-state index < -0.39 is 11.5 Å². The van der Waals surface area contributed by atoms with E-state index in [9.17, 15) is 14.7 Å². The molecule has 1 heterocycles. The van der Waals surface area contributed by atoms with Gasteiger partial charge < -0.3 is 14.6 Å². The second kappa shape index (κ2) is 8.07. The van der Waals surface area contributed by atoms with Gasteiger partial charge in [-0.3, -0.25) is 4.79 Å². The highest BCUT2D eigenvalue weighted by molar-refractivity contribution is 5.94. The molecule has 0 bridgehead atoms. The molecule has 0 aromatic rings. The number of hydrogen-bond donors (Lipinski definition) is 1. The van der Waals surface area contributed by atoms with E-state index >= 15 is 0 Å². The lowest BCUT2D eigenvalue weighted by Crippen LogP contribution is -2.67. The summed E-state index contributed by atoms with van der Waals surface area (Å²) in [5, 5.41) is 11.9. The second-order valence-corrected chi connectivity index (χ2v) is 13.5. The van der Waals surface area contributed by atoms with Gasteiger partial charge in [-0.05, 0) is 92.4 Å². The quantitative estimate of drug-likeness (QED) is 0.497. The van der Waals surface area contributed by atoms with Crippen LogP contribution in [0.4, 0.5) is 0 Å². The molecule has 0 aromatic heterocycles. The first-order valence-corrected chi connectivity index (χ1v) is 14.2. The van der Waals surface area contributed by atoms with Crippen LogP contribution in [0.1, 0.15) is 106 Å². The average Bonchev–Trinajstić information content (AvgIpc) is 3.11. The number of rotatable bonds is 3. The first kappa shape index (κ1) is 25.3. The van der Waals surface area contributed by atoms with Gasteiger partial charge in [-0.1, -0.05) is 41.5 Å². The minimum absolute atomic E-state index is 0.0294. The molecule has 5 heteroatoms. The van der Waals surface area contributed by atoms with Crippen molar-refractivity contribution < 1.29 is 24.2 Å². The van der Waals surface area contributed by atoms with Crippen LogP contribution in [-0.2, 0) is 19.1 Å². The predicted octanol–water partition coefficient (Wildman–Crippen LogP) is 5.98. The first-order valence-electron chi connectivity index (χ1n) is 14.2. The summed E-state index contributed by atoms with van der Waals surface area (Å²) in [5.74, 6) is 0.811. The number of carbonyl (C=O) groups is 2. The molecule has 1 aliphatic heterocycles. The van der Waals surface area contributed by atoms with E-state index in [1.165, 1.54) is 0 Å². The number of aliphatic hydroxyl groups excluding tert-OH is 1. The molecule has 35 heavy (non-hydrogen) atoms. The van der Waals surface area contributed by atoms with Gasteiger partial charge in [0.15, 0.2) is 0 Å². The SMILES string of the molecule is CCC(=O)O[C@@H]1CC[C@]2(C)C3C[C@H](O)[C@]4(C)C5=C(CCC4[C@]3(C)CCC2[C@@]1(C)CC)[C@H](C)OC5=O. The number of fused-ring (bicyclic) bond motifs is 6. The minimum Gasteiger partial charge on any atom is -0.462 e. The van der Waals surface area contributed by atoms with Crippen molar-refractivity contribution in [2.75, 3.05) is 0 Å². The minimum atomic E-state index is -0.548. The van der Waals surface area contributed by atoms with Crippen molar-refractivity contribution in [3.8, 4) is 0 Å². The molecule has 0 amide bonds. The van der Waals surface area contributed by atoms with Gasteiger partial charge in [0.2, 0.25) is 0 Å². The number of ether oxygens (including phenoxy) is 2. The van der Waals surface area contributed by atoms with E-state index in [2.05, 4.69) is 34.6 Å². The van der Waals surface area contributed by atoms with E-state index in [0.29, 0.717) is 18.3 Å². The maximum atomic E-state index is 13.0. The van der Waals surface area contributed by atoms with Gasteiger partial charge in [-0.15, -0.1) is 0 Å². The van der Waals surface area contributed by atoms with Crippen molar-refractivity contribution in [3.63, 3.8) is 0 Å². The second-order valence-electron chi connectivity index (χ2n) is 13.5. The Kier molecular flexibility index (Phi) is 5.83. The number of hydrogen-bond acceptors (Lipinski definition) is 5. The van der Waals surface area contributed by atoms with Crippen LogP contribution in [-0.4, -0.2) is 35.4 Å². The molecule has 3 saturated carbocycles. The summed E-state index contributed by atoms with van der Waals surface area (Å²) in [6.45, 7) is 15.5. The molecule has 5 rings (SSSR count). The maximum Gasteiger partial charge on any atom is 0.335 e. The number of cyclic esters (lactones) is 1. The van der Waals surface area contributed by atoms with Crippen LogP contribution < -0.4 is 0 Å². The number of aliphatic hydroxyl groups is 1. The molecular formula is C30H46O5. The molecule has 3 fully saturated rings. The Bertz CT molecular complexity index is 954. The molecule has 196 valence electrons. The Labute approximate surface area is 211 Å². The summed E-state index contributed by atoms with van der Waals surface area (Å²) < 4.78 is 11.7. The van der Waals surface area contributed by atoms with Crippen LogP contribution in [0, 0.1) is 39.4 Å². The number of esters is 2. The lowest BCUT2D eigenvalue weighted by molar-refractivity contribution is -0.239. The molecule has 1 N–H and O–H groups in total. The summed E-state index contributed by atoms with van der Waals surface area (Å²) in [5.41, 5.74) is 1.48. The Balaban J connectivity index is 1.53. The Morgan fingerprint density at radius 3 is 2.34 bits per heavy atom. The highest BCUT2D eigenvalue weighted by Crippen LogP contribution is 2.74. The molecular weight excluding hydrogens is 440 g/mol. The van der Waals surface area contributed by atoms with Gasteiger partial charge in [-0.25, -0.2) is 4.79 Å². The van der Waals surface area contributed by atoms with Gasteiger partial charge in [0.25, 0.3) is 0 Å². The van der Waals surface area contributed by atoms with Crippen LogP contribution in [0.25, 0.3) is 0 Å². The van der Waals surface area contributed by atoms with Gasteiger partial charge in [-0.2, -0.15) is 0 Å². The fourth-order valence-corrected chi connectivity index (χ4v) is 10.4. The Morgan fingerprint density at radius 2 is 1.69 bits per heavy atom. The van der Waals surface area contributed by atoms with Crippen LogP contribution >= 0.6 is 0 Å². The van der Waals surface area contributed by atoms with E-state index in [1.807, 2.05) is 13.8 Å². The molecule has 0 radical (unpaired) electrons. The maximum absolute atomic E-state index is 13.0. The standard InChI is InChI=1S/C30H46O5/c1-8-24(32)35-23-13-15-28(5)19(27(23,4)9-2)12-14-29(6)20-11-10-18-17(3)34-26(33)25(18)30(20,7)22(31)16-21(28)29/h17,19-23,31H,8-16H2,1-7H3/t17-,19?,20?,21?,22-,23+,27+,28-,29-,30+/m0/s1. The van der Waals surface area contributed by atoms with Crippen molar-refractivity contribution in [1.82, 2.24) is 0 Å². The van der Waals surface area contributed by atoms with Crippen molar-refractivity contribution in [3.05, 3.63) is 11.1 Å². The smallest absolute Gasteiger partial charge is 0.335 e. The third kappa shape index (κ3) is 3.15. The van der Waals surface area contributed by atoms with Gasteiger partial charge in [0.1, 0.15) is 12.2 Å². The average molecular weight is 487 g/mol. The lowest BCUT2D eigenvalue weighted by Gasteiger charge is -2.70. The van der Waals surface area contributed by atoms with Crippen molar-refractivity contribution in [1.29, 1.82) is 0 Å². The highest BCUT2D eigenvalue weighted by Gasteiger charge is 2.70. The Hall–Kier alpha value is -1.36. The van der Waals surface area contributed by atoms with Crippen molar-refractivity contribution in [2.24, 2.45) is 39.4 Å². The molecule has 4 aliphatic carbocycles. The lowest BCUT2D eigenvalue weighted by atomic mass is 9.34. The summed E-state index contributed by atoms with van der Waals surface area (Å²) >= 11 is 0. The normalized spacial score (nSPS) is 51.0. The van der Waals surface area contributed by atoms with Gasteiger partial charge in [0.05, 0.1) is 6.10 Å². The highest BCUT2D eigenvalue weighted by atomic mass is 16.6. The summed E-state index contributed by atoms with van der Waals surface area (Å²) in [4.78, 5) is 25.3. The van der Waals surface area contributed by atoms with Gasteiger partial charge >= 0.3 is 11.9 Å². The zero-order valence-corrected chi connectivity index (χ0v) is 22.9. The fraction of sp³-hybridized carbons (Fsp3) is 0.867. The van der Waals surface area contributed by atoms with Crippen molar-refractivity contribution in [2.45, 2.75) is 125 Å². The van der Waals surface area contributed by atoms with E-state index in [4.69, 9.17) is 9.47 Å². The molecule has 3 unspecified atom stereocenters. The van der Waals surface area contributed by atoms with Gasteiger partial charge in [0, 0.05) is 22.8 Å². The topological polar surface area (TPSA) is 72.8 Å². The third-order valence-electron chi connectivity index (χ3n) is 12.4. The molecule has 10 atom stereocenters. The largest absolute Gasteiger partial charge is 0.462 e. The predicted molar refractivity (Wildman–Crippen MR) is 134 cm³/mol. The van der Waals surface area contributed by atoms with Crippen LogP contribution in [0.5, 0.6) is 0 Å². The van der Waals surface area contributed by atoms with Crippen molar-refractivity contribution >= 4 is 11.9 Å². The molecule has 5 aliphatic rings. The van der Waals surface area contributed by atoms with E-state index in [-0.39, 0.29) is 46.3 Å². The summed E-state index contributed by atoms with van der Waals surface area (Å²) in [6.07, 6.45) is 7.46. The molecule has 0 aromatic carbocycles. The number of carbonyl (C=O) groups excluding carboxylic acids is 2. The monoisotopic (exact) mass is 486 g/mol. The Morgan fingerprint density at radius 1 is 1.03 bits per heavy atom. The first-order chi connectivity index (χ1) is 16.4. The molecule has 5 nitrogen and oxygen atoms in total. The fourth-order valence-electron chi connectivity index (χ4n) is 10.4. The van der Waals surface area contributed by atoms with Crippen LogP contribution in [0.2, 0.25) is 0 Å². The van der Waals surface area contributed by atoms with E-state index in [1.54, 1.807) is 0 Å². The van der Waals surface area contributed by atoms with E-state index in [0.717, 1.165) is 62.5 Å². The molecule has 0 saturated heterocycles. The zero-order valence-electron chi connectivity index (χ0n) is 22.9. The zero-order chi connectivity index (χ0) is 25.6. The molecule has 0 spiro atoms. The third-order valence-corrected chi connectivity index (χ3v) is 12.4. The summed E-state index contributed by atoms with van der Waals surface area (Å²) in [7, 11) is 0. The van der Waals surface area contributed by atoms with Crippen LogP contribution in [0.15, 0.2) is 11.1 Å².